The van der Waals surface area contributed by atoms with Crippen LogP contribution >= 0.6 is 15.9 Å². The van der Waals surface area contributed by atoms with E-state index in [-0.39, 0.29) is 11.7 Å². The molecule has 148 valence electrons. The number of amides is 2. The number of nitrogens with one attached hydrogen (secondary N) is 1. The van der Waals surface area contributed by atoms with Crippen LogP contribution in [0.1, 0.15) is 34.5 Å². The third-order valence-electron chi connectivity index (χ3n) is 4.78. The first-order valence-electron chi connectivity index (χ1n) is 8.69. The van der Waals surface area contributed by atoms with Crippen LogP contribution in [0.4, 0.5) is 4.39 Å². The average Bonchev–Trinajstić information content (AvgIpc) is 3.00. The van der Waals surface area contributed by atoms with E-state index in [9.17, 15) is 19.1 Å². The predicted molar refractivity (Wildman–Crippen MR) is 104 cm³/mol. The van der Waals surface area contributed by atoms with E-state index in [1.165, 1.54) is 24.1 Å². The van der Waals surface area contributed by atoms with Gasteiger partial charge in [-0.1, -0.05) is 22.0 Å². The fraction of sp³-hybridized carbons (Fsp3) is 0.300. The lowest BCUT2D eigenvalue weighted by molar-refractivity contribution is -0.126. The molecule has 0 radical (unpaired) electrons. The summed E-state index contributed by atoms with van der Waals surface area (Å²) in [6.45, 7) is 1.52. The molecular weight excluding hydrogens is 431 g/mol. The average molecular weight is 451 g/mol. The van der Waals surface area contributed by atoms with Crippen molar-refractivity contribution in [2.24, 2.45) is 0 Å². The van der Waals surface area contributed by atoms with Crippen molar-refractivity contribution in [2.75, 3.05) is 13.7 Å². The summed E-state index contributed by atoms with van der Waals surface area (Å²) in [5, 5.41) is 12.4. The van der Waals surface area contributed by atoms with Crippen LogP contribution in [0.15, 0.2) is 40.9 Å². The lowest BCUT2D eigenvalue weighted by Crippen LogP contribution is -2.46. The number of methoxy groups -OCH3 is 1. The summed E-state index contributed by atoms with van der Waals surface area (Å²) in [4.78, 5) is 26.8. The van der Waals surface area contributed by atoms with Crippen LogP contribution in [0.5, 0.6) is 5.75 Å². The number of carbonyl (C=O) groups is 2. The Hall–Kier alpha value is -2.45. The zero-order valence-electron chi connectivity index (χ0n) is 15.4. The van der Waals surface area contributed by atoms with Crippen LogP contribution in [0.3, 0.4) is 0 Å². The van der Waals surface area contributed by atoms with Crippen LogP contribution in [-0.4, -0.2) is 41.6 Å². The van der Waals surface area contributed by atoms with Gasteiger partial charge in [0, 0.05) is 22.6 Å². The fourth-order valence-corrected chi connectivity index (χ4v) is 3.54. The van der Waals surface area contributed by atoms with Gasteiger partial charge in [-0.05, 0) is 42.3 Å². The van der Waals surface area contributed by atoms with Crippen LogP contribution < -0.4 is 10.1 Å². The Morgan fingerprint density at radius 1 is 1.36 bits per heavy atom. The molecule has 0 fully saturated rings. The van der Waals surface area contributed by atoms with Crippen molar-refractivity contribution >= 4 is 27.7 Å². The summed E-state index contributed by atoms with van der Waals surface area (Å²) >= 11 is 3.35. The number of hydrogen-bond acceptors (Lipinski definition) is 4. The van der Waals surface area contributed by atoms with Crippen molar-refractivity contribution in [1.29, 1.82) is 0 Å². The van der Waals surface area contributed by atoms with Gasteiger partial charge in [0.2, 0.25) is 5.91 Å². The van der Waals surface area contributed by atoms with E-state index in [0.29, 0.717) is 17.7 Å². The molecule has 6 nitrogen and oxygen atoms in total. The lowest BCUT2D eigenvalue weighted by Gasteiger charge is -2.26. The molecule has 1 aliphatic rings. The maximum Gasteiger partial charge on any atom is 0.255 e. The molecule has 28 heavy (non-hydrogen) atoms. The quantitative estimate of drug-likeness (QED) is 0.708. The summed E-state index contributed by atoms with van der Waals surface area (Å²) in [6.07, 6.45) is 0. The normalized spacial score (nSPS) is 15.2. The smallest absolute Gasteiger partial charge is 0.255 e. The highest BCUT2D eigenvalue weighted by Crippen LogP contribution is 2.28. The van der Waals surface area contributed by atoms with Gasteiger partial charge in [0.15, 0.2) is 0 Å². The van der Waals surface area contributed by atoms with E-state index < -0.39 is 30.4 Å². The number of carbonyl (C=O) groups excluding carboxylic acids is 2. The number of fused-ring (bicyclic) bond motifs is 1. The standard InChI is InChI=1S/C20H20BrFN2O4/c1-11(24-9-12-3-4-14(21)7-17(12)20(24)27)19(26)23-18(10-25)13-5-15(22)8-16(6-13)28-2/h3-8,11,18,25H,9-10H2,1-2H3,(H,23,26)/t11?,18-/m1/s1. The second-order valence-electron chi connectivity index (χ2n) is 6.58. The molecule has 2 N–H and O–H groups in total. The van der Waals surface area contributed by atoms with Crippen LogP contribution in [0.2, 0.25) is 0 Å². The van der Waals surface area contributed by atoms with E-state index in [2.05, 4.69) is 21.2 Å². The van der Waals surface area contributed by atoms with Gasteiger partial charge in [-0.2, -0.15) is 0 Å². The van der Waals surface area contributed by atoms with Gasteiger partial charge in [0.1, 0.15) is 17.6 Å². The van der Waals surface area contributed by atoms with Gasteiger partial charge >= 0.3 is 0 Å². The first-order valence-corrected chi connectivity index (χ1v) is 9.48. The highest BCUT2D eigenvalue weighted by molar-refractivity contribution is 9.10. The van der Waals surface area contributed by atoms with Crippen molar-refractivity contribution in [1.82, 2.24) is 10.2 Å². The minimum absolute atomic E-state index is 0.230. The maximum atomic E-state index is 13.8. The zero-order valence-corrected chi connectivity index (χ0v) is 17.0. The van der Waals surface area contributed by atoms with Crippen molar-refractivity contribution in [3.63, 3.8) is 0 Å². The van der Waals surface area contributed by atoms with Gasteiger partial charge < -0.3 is 20.1 Å². The second kappa shape index (κ2) is 8.28. The van der Waals surface area contributed by atoms with Gasteiger partial charge in [-0.3, -0.25) is 9.59 Å². The molecule has 0 aliphatic carbocycles. The summed E-state index contributed by atoms with van der Waals surface area (Å²) in [6, 6.07) is 7.82. The molecule has 1 heterocycles. The van der Waals surface area contributed by atoms with E-state index in [0.717, 1.165) is 10.0 Å². The third kappa shape index (κ3) is 4.02. The summed E-state index contributed by atoms with van der Waals surface area (Å²) in [5.41, 5.74) is 1.78. The first-order chi connectivity index (χ1) is 13.3. The molecule has 2 aromatic carbocycles. The molecule has 2 amide bonds. The van der Waals surface area contributed by atoms with Gasteiger partial charge in [-0.15, -0.1) is 0 Å². The Morgan fingerprint density at radius 3 is 2.79 bits per heavy atom. The van der Waals surface area contributed by atoms with Gasteiger partial charge in [-0.25, -0.2) is 4.39 Å². The van der Waals surface area contributed by atoms with E-state index in [1.54, 1.807) is 19.1 Å². The molecule has 0 spiro atoms. The Kier molecular flexibility index (Phi) is 6.00. The fourth-order valence-electron chi connectivity index (χ4n) is 3.18. The number of aliphatic hydroxyl groups is 1. The molecule has 0 saturated carbocycles. The van der Waals surface area contributed by atoms with Gasteiger partial charge in [0.25, 0.3) is 5.91 Å². The Morgan fingerprint density at radius 2 is 2.11 bits per heavy atom. The van der Waals surface area contributed by atoms with Crippen molar-refractivity contribution in [3.8, 4) is 5.75 Å². The van der Waals surface area contributed by atoms with Crippen molar-refractivity contribution in [2.45, 2.75) is 25.6 Å². The zero-order chi connectivity index (χ0) is 20.4. The minimum atomic E-state index is -0.825. The number of nitrogens with zero attached hydrogens (tertiary/aromatic N) is 1. The molecule has 2 aromatic rings. The van der Waals surface area contributed by atoms with Gasteiger partial charge in [0.05, 0.1) is 19.8 Å². The molecule has 2 atom stereocenters. The number of benzene rings is 2. The van der Waals surface area contributed by atoms with Crippen molar-refractivity contribution in [3.05, 3.63) is 63.4 Å². The SMILES string of the molecule is COc1cc(F)cc([C@@H](CO)NC(=O)C(C)N2Cc3ccc(Br)cc3C2=O)c1. The lowest BCUT2D eigenvalue weighted by atomic mass is 10.1. The van der Waals surface area contributed by atoms with Crippen molar-refractivity contribution < 1.29 is 23.8 Å². The molecule has 1 aliphatic heterocycles. The molecule has 1 unspecified atom stereocenters. The number of halogens is 2. The number of rotatable bonds is 6. The molecule has 8 heteroatoms. The Bertz CT molecular complexity index is 921. The van der Waals surface area contributed by atoms with Crippen LogP contribution in [-0.2, 0) is 11.3 Å². The highest BCUT2D eigenvalue weighted by Gasteiger charge is 2.34. The summed E-state index contributed by atoms with van der Waals surface area (Å²) < 4.78 is 19.6. The largest absolute Gasteiger partial charge is 0.497 e. The third-order valence-corrected chi connectivity index (χ3v) is 5.27. The monoisotopic (exact) mass is 450 g/mol. The van der Waals surface area contributed by atoms with Crippen LogP contribution in [0, 0.1) is 5.82 Å². The molecule has 3 rings (SSSR count). The first kappa shape index (κ1) is 20.3. The topological polar surface area (TPSA) is 78.9 Å². The van der Waals surface area contributed by atoms with E-state index >= 15 is 0 Å². The van der Waals surface area contributed by atoms with E-state index in [1.807, 2.05) is 12.1 Å². The number of aliphatic hydroxyl groups excluding tert-OH is 1. The van der Waals surface area contributed by atoms with Crippen LogP contribution in [0.25, 0.3) is 0 Å². The molecule has 0 saturated heterocycles. The number of ether oxygens (including phenoxy) is 1. The predicted octanol–water partition coefficient (Wildman–Crippen LogP) is 2.79. The highest BCUT2D eigenvalue weighted by atomic mass is 79.9. The maximum absolute atomic E-state index is 13.8. The Labute approximate surface area is 170 Å². The Balaban J connectivity index is 1.75. The molecule has 0 bridgehead atoms. The van der Waals surface area contributed by atoms with E-state index in [4.69, 9.17) is 4.74 Å². The number of hydrogen-bond donors (Lipinski definition) is 2. The summed E-state index contributed by atoms with van der Waals surface area (Å²) in [5.74, 6) is -0.924. The molecule has 0 aromatic heterocycles. The minimum Gasteiger partial charge on any atom is -0.497 e. The summed E-state index contributed by atoms with van der Waals surface area (Å²) in [7, 11) is 1.40. The molecular formula is C20H20BrFN2O4. The second-order valence-corrected chi connectivity index (χ2v) is 7.49.